The van der Waals surface area contributed by atoms with Crippen LogP contribution in [0, 0.1) is 11.3 Å². The van der Waals surface area contributed by atoms with Crippen LogP contribution in [0.3, 0.4) is 0 Å². The maximum absolute atomic E-state index is 12.3. The minimum Gasteiger partial charge on any atom is -0.396 e. The number of aliphatic hydroxyl groups excluding tert-OH is 1. The smallest absolute Gasteiger partial charge is 0.239 e. The summed E-state index contributed by atoms with van der Waals surface area (Å²) in [5.74, 6) is 0.448. The molecular weight excluding hydrogens is 216 g/mol. The van der Waals surface area contributed by atoms with Crippen LogP contribution in [0.4, 0.5) is 0 Å². The standard InChI is InChI=1S/C13H24N2O2/c1-13(2)9-15(7-10(13)8-16)12(17)11-5-3-4-6-14-11/h10-11,14,16H,3-9H2,1-2H3/t10-,11+/m1/s1. The summed E-state index contributed by atoms with van der Waals surface area (Å²) in [7, 11) is 0. The van der Waals surface area contributed by atoms with Gasteiger partial charge >= 0.3 is 0 Å². The average molecular weight is 240 g/mol. The fourth-order valence-electron chi connectivity index (χ4n) is 2.95. The van der Waals surface area contributed by atoms with Crippen molar-refractivity contribution in [1.82, 2.24) is 10.2 Å². The van der Waals surface area contributed by atoms with Gasteiger partial charge in [-0.2, -0.15) is 0 Å². The zero-order valence-corrected chi connectivity index (χ0v) is 10.9. The number of nitrogens with zero attached hydrogens (tertiary/aromatic N) is 1. The summed E-state index contributed by atoms with van der Waals surface area (Å²) in [5, 5.41) is 12.7. The van der Waals surface area contributed by atoms with E-state index in [9.17, 15) is 9.90 Å². The van der Waals surface area contributed by atoms with Crippen LogP contribution in [0.15, 0.2) is 0 Å². The molecule has 0 bridgehead atoms. The Bertz CT molecular complexity index is 285. The molecule has 2 atom stereocenters. The molecule has 0 unspecified atom stereocenters. The summed E-state index contributed by atoms with van der Waals surface area (Å²) < 4.78 is 0. The van der Waals surface area contributed by atoms with Gasteiger partial charge in [-0.25, -0.2) is 0 Å². The molecule has 0 aromatic rings. The number of piperidine rings is 1. The van der Waals surface area contributed by atoms with Gasteiger partial charge < -0.3 is 15.3 Å². The Hall–Kier alpha value is -0.610. The molecule has 2 N–H and O–H groups in total. The van der Waals surface area contributed by atoms with Gasteiger partial charge in [-0.1, -0.05) is 20.3 Å². The van der Waals surface area contributed by atoms with Gasteiger partial charge in [0.1, 0.15) is 0 Å². The van der Waals surface area contributed by atoms with E-state index in [1.54, 1.807) is 0 Å². The van der Waals surface area contributed by atoms with Gasteiger partial charge in [0.15, 0.2) is 0 Å². The third-order valence-corrected chi connectivity index (χ3v) is 4.28. The van der Waals surface area contributed by atoms with Crippen LogP contribution < -0.4 is 5.32 Å². The number of carbonyl (C=O) groups is 1. The molecule has 2 aliphatic rings. The molecule has 98 valence electrons. The Morgan fingerprint density at radius 1 is 1.47 bits per heavy atom. The molecule has 2 saturated heterocycles. The zero-order valence-electron chi connectivity index (χ0n) is 10.9. The van der Waals surface area contributed by atoms with Crippen LogP contribution in [-0.2, 0) is 4.79 Å². The topological polar surface area (TPSA) is 52.6 Å². The normalized spacial score (nSPS) is 32.8. The second kappa shape index (κ2) is 4.94. The van der Waals surface area contributed by atoms with Gasteiger partial charge in [0.2, 0.25) is 5.91 Å². The summed E-state index contributed by atoms with van der Waals surface area (Å²) >= 11 is 0. The van der Waals surface area contributed by atoms with E-state index >= 15 is 0 Å². The molecule has 0 aromatic heterocycles. The van der Waals surface area contributed by atoms with E-state index in [1.807, 2.05) is 4.90 Å². The van der Waals surface area contributed by atoms with E-state index in [-0.39, 0.29) is 29.9 Å². The van der Waals surface area contributed by atoms with E-state index in [1.165, 1.54) is 6.42 Å². The third-order valence-electron chi connectivity index (χ3n) is 4.28. The average Bonchev–Trinajstić information content (AvgIpc) is 2.64. The number of amides is 1. The van der Waals surface area contributed by atoms with E-state index in [2.05, 4.69) is 19.2 Å². The minimum atomic E-state index is 0.0111. The highest BCUT2D eigenvalue weighted by Crippen LogP contribution is 2.35. The van der Waals surface area contributed by atoms with Crippen molar-refractivity contribution in [1.29, 1.82) is 0 Å². The van der Waals surface area contributed by atoms with Crippen molar-refractivity contribution >= 4 is 5.91 Å². The quantitative estimate of drug-likeness (QED) is 0.743. The first kappa shape index (κ1) is 12.8. The molecule has 4 heteroatoms. The summed E-state index contributed by atoms with van der Waals surface area (Å²) in [4.78, 5) is 14.3. The molecule has 0 aliphatic carbocycles. The zero-order chi connectivity index (χ0) is 12.5. The van der Waals surface area contributed by atoms with Gasteiger partial charge in [0.25, 0.3) is 0 Å². The number of hydrogen-bond donors (Lipinski definition) is 2. The van der Waals surface area contributed by atoms with Crippen molar-refractivity contribution in [3.05, 3.63) is 0 Å². The highest BCUT2D eigenvalue weighted by atomic mass is 16.3. The number of carbonyl (C=O) groups excluding carboxylic acids is 1. The first-order chi connectivity index (χ1) is 8.04. The van der Waals surface area contributed by atoms with Gasteiger partial charge in [-0.05, 0) is 24.8 Å². The highest BCUT2D eigenvalue weighted by molar-refractivity contribution is 5.82. The summed E-state index contributed by atoms with van der Waals surface area (Å²) in [6.07, 6.45) is 3.28. The Morgan fingerprint density at radius 3 is 2.76 bits per heavy atom. The molecule has 17 heavy (non-hydrogen) atoms. The first-order valence-electron chi connectivity index (χ1n) is 6.67. The molecule has 2 aliphatic heterocycles. The van der Waals surface area contributed by atoms with E-state index < -0.39 is 0 Å². The summed E-state index contributed by atoms with van der Waals surface area (Å²) in [6, 6.07) is 0.0111. The monoisotopic (exact) mass is 240 g/mol. The summed E-state index contributed by atoms with van der Waals surface area (Å²) in [6.45, 7) is 6.88. The van der Waals surface area contributed by atoms with Crippen molar-refractivity contribution < 1.29 is 9.90 Å². The summed E-state index contributed by atoms with van der Waals surface area (Å²) in [5.41, 5.74) is 0.0408. The van der Waals surface area contributed by atoms with Crippen LogP contribution in [0.25, 0.3) is 0 Å². The SMILES string of the molecule is CC1(C)CN(C(=O)[C@@H]2CCCCN2)C[C@@H]1CO. The molecular formula is C13H24N2O2. The van der Waals surface area contributed by atoms with Gasteiger partial charge in [0.05, 0.1) is 6.04 Å². The molecule has 2 fully saturated rings. The number of nitrogens with one attached hydrogen (secondary N) is 1. The van der Waals surface area contributed by atoms with Crippen molar-refractivity contribution in [2.24, 2.45) is 11.3 Å². The van der Waals surface area contributed by atoms with Crippen molar-refractivity contribution in [2.75, 3.05) is 26.2 Å². The Labute approximate surface area is 103 Å². The maximum atomic E-state index is 12.3. The van der Waals surface area contributed by atoms with E-state index in [0.717, 1.165) is 25.9 Å². The fraction of sp³-hybridized carbons (Fsp3) is 0.923. The van der Waals surface area contributed by atoms with Gasteiger partial charge in [0, 0.05) is 25.6 Å². The van der Waals surface area contributed by atoms with Crippen molar-refractivity contribution in [3.63, 3.8) is 0 Å². The molecule has 0 aromatic carbocycles. The molecule has 2 rings (SSSR count). The van der Waals surface area contributed by atoms with Crippen LogP contribution in [0.5, 0.6) is 0 Å². The number of rotatable bonds is 2. The van der Waals surface area contributed by atoms with Crippen LogP contribution >= 0.6 is 0 Å². The molecule has 2 heterocycles. The fourth-order valence-corrected chi connectivity index (χ4v) is 2.95. The second-order valence-corrected chi connectivity index (χ2v) is 6.09. The van der Waals surface area contributed by atoms with Gasteiger partial charge in [-0.3, -0.25) is 4.79 Å². The van der Waals surface area contributed by atoms with E-state index in [0.29, 0.717) is 6.54 Å². The third kappa shape index (κ3) is 2.63. The molecule has 0 spiro atoms. The predicted molar refractivity (Wildman–Crippen MR) is 66.6 cm³/mol. The van der Waals surface area contributed by atoms with E-state index in [4.69, 9.17) is 0 Å². The predicted octanol–water partition coefficient (Wildman–Crippen LogP) is 0.605. The molecule has 1 amide bonds. The lowest BCUT2D eigenvalue weighted by atomic mass is 9.83. The van der Waals surface area contributed by atoms with Crippen LogP contribution in [0.1, 0.15) is 33.1 Å². The molecule has 0 saturated carbocycles. The Morgan fingerprint density at radius 2 is 2.24 bits per heavy atom. The molecule has 0 radical (unpaired) electrons. The van der Waals surface area contributed by atoms with Crippen molar-refractivity contribution in [2.45, 2.75) is 39.2 Å². The van der Waals surface area contributed by atoms with Crippen LogP contribution in [-0.4, -0.2) is 48.2 Å². The minimum absolute atomic E-state index is 0.0111. The number of hydrogen-bond acceptors (Lipinski definition) is 3. The van der Waals surface area contributed by atoms with Crippen molar-refractivity contribution in [3.8, 4) is 0 Å². The maximum Gasteiger partial charge on any atom is 0.239 e. The largest absolute Gasteiger partial charge is 0.396 e. The lowest BCUT2D eigenvalue weighted by Gasteiger charge is -2.28. The highest BCUT2D eigenvalue weighted by Gasteiger charge is 2.42. The van der Waals surface area contributed by atoms with Gasteiger partial charge in [-0.15, -0.1) is 0 Å². The Balaban J connectivity index is 1.97. The van der Waals surface area contributed by atoms with Crippen LogP contribution in [0.2, 0.25) is 0 Å². The molecule has 4 nitrogen and oxygen atoms in total. The first-order valence-corrected chi connectivity index (χ1v) is 6.67. The Kier molecular flexibility index (Phi) is 3.73. The number of likely N-dealkylation sites (tertiary alicyclic amines) is 1. The second-order valence-electron chi connectivity index (χ2n) is 6.09. The number of aliphatic hydroxyl groups is 1. The lowest BCUT2D eigenvalue weighted by Crippen LogP contribution is -2.48. The lowest BCUT2D eigenvalue weighted by molar-refractivity contribution is -0.133.